The van der Waals surface area contributed by atoms with Crippen LogP contribution in [0.15, 0.2) is 29.2 Å². The molecule has 1 aromatic rings. The minimum Gasteiger partial charge on any atom is -0.304 e. The highest BCUT2D eigenvalue weighted by atomic mass is 32.2. The van der Waals surface area contributed by atoms with Gasteiger partial charge in [0.1, 0.15) is 11.0 Å². The summed E-state index contributed by atoms with van der Waals surface area (Å²) in [6.45, 7) is 2.87. The van der Waals surface area contributed by atoms with Crippen molar-refractivity contribution in [1.82, 2.24) is 14.7 Å². The summed E-state index contributed by atoms with van der Waals surface area (Å²) in [4.78, 5) is 4.69. The summed E-state index contributed by atoms with van der Waals surface area (Å²) in [6.07, 6.45) is 0. The number of hydrogen-bond acceptors (Lipinski definition) is 5. The summed E-state index contributed by atoms with van der Waals surface area (Å²) >= 11 is 0. The summed E-state index contributed by atoms with van der Waals surface area (Å²) in [5.41, 5.74) is 0.157. The molecule has 6 nitrogen and oxygen atoms in total. The number of benzene rings is 1. The number of nitrogens with one attached hydrogen (secondary N) is 1. The first-order chi connectivity index (χ1) is 9.03. The molecule has 1 heterocycles. The van der Waals surface area contributed by atoms with Crippen LogP contribution in [0.3, 0.4) is 0 Å². The average Bonchev–Trinajstić information content (AvgIpc) is 2.41. The van der Waals surface area contributed by atoms with Gasteiger partial charge in [-0.15, -0.1) is 4.83 Å². The molecule has 1 fully saturated rings. The number of hydrogen-bond donors (Lipinski definition) is 1. The van der Waals surface area contributed by atoms with E-state index < -0.39 is 10.0 Å². The SMILES string of the molecule is CN1CCN(NS(=O)(=O)c2ccccc2C#N)CC1. The number of sulfonamides is 1. The highest BCUT2D eigenvalue weighted by Crippen LogP contribution is 2.14. The van der Waals surface area contributed by atoms with E-state index in [0.29, 0.717) is 13.1 Å². The molecule has 19 heavy (non-hydrogen) atoms. The van der Waals surface area contributed by atoms with Crippen molar-refractivity contribution in [2.45, 2.75) is 4.90 Å². The quantitative estimate of drug-likeness (QED) is 0.843. The number of nitrogens with zero attached hydrogens (tertiary/aromatic N) is 3. The minimum absolute atomic E-state index is 0.0245. The maximum Gasteiger partial charge on any atom is 0.254 e. The molecule has 0 spiro atoms. The van der Waals surface area contributed by atoms with Gasteiger partial charge in [-0.2, -0.15) is 5.26 Å². The zero-order valence-electron chi connectivity index (χ0n) is 10.7. The fourth-order valence-corrected chi connectivity index (χ4v) is 3.19. The first-order valence-electron chi connectivity index (χ1n) is 5.98. The topological polar surface area (TPSA) is 76.4 Å². The summed E-state index contributed by atoms with van der Waals surface area (Å²) in [7, 11) is -1.69. The Balaban J connectivity index is 2.17. The van der Waals surface area contributed by atoms with Gasteiger partial charge in [0.25, 0.3) is 10.0 Å². The van der Waals surface area contributed by atoms with Crippen molar-refractivity contribution >= 4 is 10.0 Å². The molecule has 0 bridgehead atoms. The van der Waals surface area contributed by atoms with E-state index >= 15 is 0 Å². The first kappa shape index (κ1) is 14.0. The molecule has 1 aromatic carbocycles. The second kappa shape index (κ2) is 5.67. The molecule has 1 N–H and O–H groups in total. The summed E-state index contributed by atoms with van der Waals surface area (Å²) in [5, 5.41) is 10.6. The third-order valence-electron chi connectivity index (χ3n) is 3.05. The Morgan fingerprint density at radius 2 is 1.84 bits per heavy atom. The Hall–Kier alpha value is -1.46. The number of piperazine rings is 1. The zero-order valence-corrected chi connectivity index (χ0v) is 11.5. The molecule has 0 atom stereocenters. The molecule has 0 aromatic heterocycles. The molecule has 0 radical (unpaired) electrons. The van der Waals surface area contributed by atoms with E-state index in [1.807, 2.05) is 13.1 Å². The largest absolute Gasteiger partial charge is 0.304 e. The molecule has 0 aliphatic carbocycles. The van der Waals surface area contributed by atoms with Gasteiger partial charge in [0.05, 0.1) is 5.56 Å². The van der Waals surface area contributed by atoms with E-state index in [1.54, 1.807) is 17.1 Å². The molecule has 1 saturated heterocycles. The lowest BCUT2D eigenvalue weighted by molar-refractivity contribution is 0.135. The fraction of sp³-hybridized carbons (Fsp3) is 0.417. The van der Waals surface area contributed by atoms with E-state index in [0.717, 1.165) is 13.1 Å². The molecule has 7 heteroatoms. The second-order valence-electron chi connectivity index (χ2n) is 4.49. The van der Waals surface area contributed by atoms with Crippen LogP contribution >= 0.6 is 0 Å². The lowest BCUT2D eigenvalue weighted by Gasteiger charge is -2.32. The van der Waals surface area contributed by atoms with Crippen LogP contribution < -0.4 is 4.83 Å². The van der Waals surface area contributed by atoms with Crippen molar-refractivity contribution in [2.75, 3.05) is 33.2 Å². The Bertz CT molecular complexity index is 586. The normalized spacial score (nSPS) is 18.1. The molecular formula is C12H16N4O2S. The van der Waals surface area contributed by atoms with E-state index in [1.165, 1.54) is 12.1 Å². The van der Waals surface area contributed by atoms with Crippen LogP contribution in [0.1, 0.15) is 5.56 Å². The van der Waals surface area contributed by atoms with Gasteiger partial charge < -0.3 is 4.90 Å². The van der Waals surface area contributed by atoms with Gasteiger partial charge >= 0.3 is 0 Å². The van der Waals surface area contributed by atoms with Crippen LogP contribution in [0.4, 0.5) is 0 Å². The summed E-state index contributed by atoms with van der Waals surface area (Å²) in [5.74, 6) is 0. The van der Waals surface area contributed by atoms with E-state index in [-0.39, 0.29) is 10.5 Å². The van der Waals surface area contributed by atoms with E-state index in [9.17, 15) is 8.42 Å². The maximum absolute atomic E-state index is 12.2. The smallest absolute Gasteiger partial charge is 0.254 e. The van der Waals surface area contributed by atoms with Crippen molar-refractivity contribution < 1.29 is 8.42 Å². The van der Waals surface area contributed by atoms with Crippen LogP contribution in [-0.2, 0) is 10.0 Å². The van der Waals surface area contributed by atoms with Crippen molar-refractivity contribution in [3.05, 3.63) is 29.8 Å². The lowest BCUT2D eigenvalue weighted by Crippen LogP contribution is -2.52. The summed E-state index contributed by atoms with van der Waals surface area (Å²) in [6, 6.07) is 8.10. The van der Waals surface area contributed by atoms with Gasteiger partial charge in [0, 0.05) is 26.2 Å². The lowest BCUT2D eigenvalue weighted by atomic mass is 10.2. The van der Waals surface area contributed by atoms with Crippen LogP contribution in [0, 0.1) is 11.3 Å². The fourth-order valence-electron chi connectivity index (χ4n) is 1.91. The molecular weight excluding hydrogens is 264 g/mol. The Kier molecular flexibility index (Phi) is 4.17. The first-order valence-corrected chi connectivity index (χ1v) is 7.46. The Morgan fingerprint density at radius 1 is 1.21 bits per heavy atom. The van der Waals surface area contributed by atoms with Gasteiger partial charge in [0.15, 0.2) is 0 Å². The van der Waals surface area contributed by atoms with Gasteiger partial charge in [0.2, 0.25) is 0 Å². The third-order valence-corrected chi connectivity index (χ3v) is 4.48. The maximum atomic E-state index is 12.2. The van der Waals surface area contributed by atoms with Crippen LogP contribution in [0.5, 0.6) is 0 Å². The van der Waals surface area contributed by atoms with Gasteiger partial charge in [-0.1, -0.05) is 12.1 Å². The second-order valence-corrected chi connectivity index (χ2v) is 6.12. The molecule has 102 valence electrons. The zero-order chi connectivity index (χ0) is 13.9. The Morgan fingerprint density at radius 3 is 2.47 bits per heavy atom. The van der Waals surface area contributed by atoms with Gasteiger partial charge in [-0.3, -0.25) is 0 Å². The third kappa shape index (κ3) is 3.30. The summed E-state index contributed by atoms with van der Waals surface area (Å²) < 4.78 is 24.5. The molecule has 1 aliphatic heterocycles. The highest BCUT2D eigenvalue weighted by Gasteiger charge is 2.23. The van der Waals surface area contributed by atoms with E-state index in [4.69, 9.17) is 5.26 Å². The Labute approximate surface area is 113 Å². The van der Waals surface area contributed by atoms with Crippen molar-refractivity contribution in [2.24, 2.45) is 0 Å². The molecule has 0 amide bonds. The molecule has 0 saturated carbocycles. The number of rotatable bonds is 3. The van der Waals surface area contributed by atoms with Crippen molar-refractivity contribution in [3.8, 4) is 6.07 Å². The standard InChI is InChI=1S/C12H16N4O2S/c1-15-6-8-16(9-7-15)14-19(17,18)12-5-3-2-4-11(12)10-13/h2-5,14H,6-9H2,1H3. The molecule has 2 rings (SSSR count). The number of likely N-dealkylation sites (N-methyl/N-ethyl adjacent to an activating group) is 1. The van der Waals surface area contributed by atoms with Gasteiger partial charge in [-0.25, -0.2) is 13.4 Å². The number of nitriles is 1. The van der Waals surface area contributed by atoms with Crippen LogP contribution in [0.25, 0.3) is 0 Å². The predicted octanol–water partition coefficient (Wildman–Crippen LogP) is -0.00102. The van der Waals surface area contributed by atoms with Crippen molar-refractivity contribution in [1.29, 1.82) is 5.26 Å². The predicted molar refractivity (Wildman–Crippen MR) is 70.5 cm³/mol. The average molecular weight is 280 g/mol. The monoisotopic (exact) mass is 280 g/mol. The van der Waals surface area contributed by atoms with Gasteiger partial charge in [-0.05, 0) is 19.2 Å². The molecule has 0 unspecified atom stereocenters. The van der Waals surface area contributed by atoms with Crippen molar-refractivity contribution in [3.63, 3.8) is 0 Å². The van der Waals surface area contributed by atoms with Crippen LogP contribution in [0.2, 0.25) is 0 Å². The van der Waals surface area contributed by atoms with Crippen LogP contribution in [-0.4, -0.2) is 51.6 Å². The molecule has 1 aliphatic rings. The number of hydrazine groups is 1. The highest BCUT2D eigenvalue weighted by molar-refractivity contribution is 7.89. The minimum atomic E-state index is -3.69. The van der Waals surface area contributed by atoms with E-state index in [2.05, 4.69) is 9.73 Å².